The number of carbonyl (C=O) groups excluding carboxylic acids is 1. The Kier molecular flexibility index (Phi) is 5.81. The highest BCUT2D eigenvalue weighted by molar-refractivity contribution is 5.92. The molecule has 2 aromatic carbocycles. The quantitative estimate of drug-likeness (QED) is 0.675. The molecule has 0 fully saturated rings. The van der Waals surface area contributed by atoms with Gasteiger partial charge in [-0.15, -0.1) is 0 Å². The predicted molar refractivity (Wildman–Crippen MR) is 102 cm³/mol. The van der Waals surface area contributed by atoms with Gasteiger partial charge in [-0.3, -0.25) is 4.79 Å². The maximum absolute atomic E-state index is 11.3. The lowest BCUT2D eigenvalue weighted by molar-refractivity contribution is 0.1000. The molecule has 2 N–H and O–H groups in total. The Morgan fingerprint density at radius 1 is 1.12 bits per heavy atom. The first kappa shape index (κ1) is 17.9. The van der Waals surface area contributed by atoms with Crippen LogP contribution in [0.4, 0.5) is 0 Å². The van der Waals surface area contributed by atoms with Crippen molar-refractivity contribution < 1.29 is 9.32 Å². The van der Waals surface area contributed by atoms with Crippen LogP contribution in [-0.2, 0) is 13.0 Å². The zero-order valence-electron chi connectivity index (χ0n) is 14.9. The molecule has 0 bridgehead atoms. The molecule has 5 nitrogen and oxygen atoms in total. The normalized spacial score (nSPS) is 11.0. The van der Waals surface area contributed by atoms with Gasteiger partial charge in [0.2, 0.25) is 5.91 Å². The van der Waals surface area contributed by atoms with Crippen LogP contribution in [0.5, 0.6) is 0 Å². The highest BCUT2D eigenvalue weighted by atomic mass is 16.5. The largest absolute Gasteiger partial charge is 0.366 e. The van der Waals surface area contributed by atoms with Crippen molar-refractivity contribution in [2.45, 2.75) is 19.4 Å². The molecule has 0 aliphatic rings. The average molecular weight is 349 g/mol. The zero-order chi connectivity index (χ0) is 18.4. The smallest absolute Gasteiger partial charge is 0.248 e. The Bertz CT molecular complexity index is 858. The molecule has 1 amide bonds. The van der Waals surface area contributed by atoms with E-state index >= 15 is 0 Å². The fourth-order valence-corrected chi connectivity index (χ4v) is 2.91. The molecule has 134 valence electrons. The molecule has 0 aliphatic heterocycles. The lowest BCUT2D eigenvalue weighted by atomic mass is 10.1. The maximum atomic E-state index is 11.3. The van der Waals surface area contributed by atoms with Gasteiger partial charge in [0.1, 0.15) is 11.5 Å². The summed E-state index contributed by atoms with van der Waals surface area (Å²) in [7, 11) is 2.06. The summed E-state index contributed by atoms with van der Waals surface area (Å²) in [5, 5.41) is 4.15. The van der Waals surface area contributed by atoms with Crippen LogP contribution in [0.25, 0.3) is 11.3 Å². The lowest BCUT2D eigenvalue weighted by Crippen LogP contribution is -2.20. The number of hydrogen-bond donors (Lipinski definition) is 1. The minimum Gasteiger partial charge on any atom is -0.366 e. The standard InChI is InChI=1S/C21H23N3O2/c1-24(15-16-7-5-10-18(13-16)21(22)25)12-6-11-19-14-20(23-26-19)17-8-3-2-4-9-17/h2-5,7-10,13-14H,6,11-12,15H2,1H3,(H2,22,25). The van der Waals surface area contributed by atoms with Gasteiger partial charge in [-0.25, -0.2) is 0 Å². The number of aromatic nitrogens is 1. The van der Waals surface area contributed by atoms with Gasteiger partial charge in [-0.05, 0) is 37.7 Å². The molecule has 1 heterocycles. The van der Waals surface area contributed by atoms with Crippen molar-refractivity contribution in [1.82, 2.24) is 10.1 Å². The van der Waals surface area contributed by atoms with Crippen molar-refractivity contribution in [2.75, 3.05) is 13.6 Å². The van der Waals surface area contributed by atoms with Gasteiger partial charge in [0, 0.05) is 30.2 Å². The molecule has 0 atom stereocenters. The van der Waals surface area contributed by atoms with Gasteiger partial charge < -0.3 is 15.2 Å². The van der Waals surface area contributed by atoms with E-state index in [1.54, 1.807) is 6.07 Å². The third kappa shape index (κ3) is 4.80. The van der Waals surface area contributed by atoms with E-state index in [0.29, 0.717) is 5.56 Å². The Morgan fingerprint density at radius 3 is 2.69 bits per heavy atom. The molecule has 0 saturated heterocycles. The average Bonchev–Trinajstić information content (AvgIpc) is 3.11. The number of hydrogen-bond acceptors (Lipinski definition) is 4. The van der Waals surface area contributed by atoms with E-state index in [1.807, 2.05) is 54.6 Å². The number of benzene rings is 2. The van der Waals surface area contributed by atoms with Crippen molar-refractivity contribution in [3.05, 3.63) is 77.6 Å². The van der Waals surface area contributed by atoms with E-state index in [4.69, 9.17) is 10.3 Å². The first-order chi connectivity index (χ1) is 12.6. The summed E-state index contributed by atoms with van der Waals surface area (Å²) in [6, 6.07) is 19.5. The van der Waals surface area contributed by atoms with Crippen LogP contribution in [0, 0.1) is 0 Å². The number of rotatable bonds is 8. The van der Waals surface area contributed by atoms with Crippen molar-refractivity contribution in [2.24, 2.45) is 5.73 Å². The molecular weight excluding hydrogens is 326 g/mol. The summed E-state index contributed by atoms with van der Waals surface area (Å²) in [6.07, 6.45) is 1.81. The Balaban J connectivity index is 1.48. The number of nitrogens with two attached hydrogens (primary N) is 1. The van der Waals surface area contributed by atoms with Gasteiger partial charge in [0.25, 0.3) is 0 Å². The van der Waals surface area contributed by atoms with E-state index in [2.05, 4.69) is 17.1 Å². The molecule has 26 heavy (non-hydrogen) atoms. The summed E-state index contributed by atoms with van der Waals surface area (Å²) in [4.78, 5) is 13.5. The van der Waals surface area contributed by atoms with Gasteiger partial charge >= 0.3 is 0 Å². The number of nitrogens with zero attached hydrogens (tertiary/aromatic N) is 2. The third-order valence-electron chi connectivity index (χ3n) is 4.26. The van der Waals surface area contributed by atoms with Gasteiger partial charge in [-0.1, -0.05) is 47.6 Å². The Labute approximate surface area is 153 Å². The SMILES string of the molecule is CN(CCCc1cc(-c2ccccc2)no1)Cc1cccc(C(N)=O)c1. The van der Waals surface area contributed by atoms with Crippen LogP contribution in [-0.4, -0.2) is 29.6 Å². The fourth-order valence-electron chi connectivity index (χ4n) is 2.91. The van der Waals surface area contributed by atoms with Crippen LogP contribution in [0.3, 0.4) is 0 Å². The topological polar surface area (TPSA) is 72.4 Å². The van der Waals surface area contributed by atoms with E-state index < -0.39 is 5.91 Å². The second-order valence-electron chi connectivity index (χ2n) is 6.45. The maximum Gasteiger partial charge on any atom is 0.248 e. The van der Waals surface area contributed by atoms with Crippen LogP contribution in [0.15, 0.2) is 65.2 Å². The Morgan fingerprint density at radius 2 is 1.92 bits per heavy atom. The van der Waals surface area contributed by atoms with Crippen LogP contribution in [0.1, 0.15) is 28.1 Å². The molecular formula is C21H23N3O2. The minimum absolute atomic E-state index is 0.394. The highest BCUT2D eigenvalue weighted by Gasteiger charge is 2.08. The minimum atomic E-state index is -0.394. The number of primary amides is 1. The molecule has 0 radical (unpaired) electrons. The predicted octanol–water partition coefficient (Wildman–Crippen LogP) is 3.51. The summed E-state index contributed by atoms with van der Waals surface area (Å²) >= 11 is 0. The van der Waals surface area contributed by atoms with Crippen molar-refractivity contribution in [3.8, 4) is 11.3 Å². The number of amides is 1. The van der Waals surface area contributed by atoms with E-state index in [1.165, 1.54) is 0 Å². The lowest BCUT2D eigenvalue weighted by Gasteiger charge is -2.16. The molecule has 0 unspecified atom stereocenters. The summed E-state index contributed by atoms with van der Waals surface area (Å²) in [6.45, 7) is 1.69. The molecule has 0 aliphatic carbocycles. The summed E-state index contributed by atoms with van der Waals surface area (Å²) in [5.74, 6) is 0.502. The summed E-state index contributed by atoms with van der Waals surface area (Å²) < 4.78 is 5.44. The van der Waals surface area contributed by atoms with Gasteiger partial charge in [0.05, 0.1) is 0 Å². The molecule has 5 heteroatoms. The fraction of sp³-hybridized carbons (Fsp3) is 0.238. The number of aryl methyl sites for hydroxylation is 1. The number of carbonyl (C=O) groups is 1. The first-order valence-corrected chi connectivity index (χ1v) is 8.70. The van der Waals surface area contributed by atoms with Crippen molar-refractivity contribution >= 4 is 5.91 Å². The third-order valence-corrected chi connectivity index (χ3v) is 4.26. The van der Waals surface area contributed by atoms with Crippen LogP contribution in [0.2, 0.25) is 0 Å². The Hall–Kier alpha value is -2.92. The van der Waals surface area contributed by atoms with Crippen molar-refractivity contribution in [1.29, 1.82) is 0 Å². The van der Waals surface area contributed by atoms with E-state index in [9.17, 15) is 4.79 Å². The zero-order valence-corrected chi connectivity index (χ0v) is 14.9. The first-order valence-electron chi connectivity index (χ1n) is 8.70. The monoisotopic (exact) mass is 349 g/mol. The molecule has 1 aromatic heterocycles. The molecule has 0 saturated carbocycles. The van der Waals surface area contributed by atoms with Gasteiger partial charge in [-0.2, -0.15) is 0 Å². The molecule has 3 aromatic rings. The second-order valence-corrected chi connectivity index (χ2v) is 6.45. The van der Waals surface area contributed by atoms with Crippen LogP contribution >= 0.6 is 0 Å². The van der Waals surface area contributed by atoms with E-state index in [-0.39, 0.29) is 0 Å². The second kappa shape index (κ2) is 8.45. The van der Waals surface area contributed by atoms with Crippen LogP contribution < -0.4 is 5.73 Å². The molecule has 0 spiro atoms. The van der Waals surface area contributed by atoms with Gasteiger partial charge in [0.15, 0.2) is 0 Å². The highest BCUT2D eigenvalue weighted by Crippen LogP contribution is 2.19. The molecule has 3 rings (SSSR count). The van der Waals surface area contributed by atoms with Crippen molar-refractivity contribution in [3.63, 3.8) is 0 Å². The van der Waals surface area contributed by atoms with E-state index in [0.717, 1.165) is 48.5 Å². The summed E-state index contributed by atoms with van der Waals surface area (Å²) in [5.41, 5.74) is 8.90.